The highest BCUT2D eigenvalue weighted by Gasteiger charge is 2.34. The highest BCUT2D eigenvalue weighted by molar-refractivity contribution is 7.80. The molecule has 0 heterocycles. The van der Waals surface area contributed by atoms with Gasteiger partial charge < -0.3 is 9.47 Å². The first-order chi connectivity index (χ1) is 15.1. The molecular weight excluding hydrogens is 408 g/mol. The lowest BCUT2D eigenvalue weighted by molar-refractivity contribution is -0.0568. The first-order valence-electron chi connectivity index (χ1n) is 13.4. The van der Waals surface area contributed by atoms with Crippen molar-refractivity contribution in [2.45, 2.75) is 139 Å². The molecule has 31 heavy (non-hydrogen) atoms. The first kappa shape index (κ1) is 24.2. The quantitative estimate of drug-likeness (QED) is 0.450. The smallest absolute Gasteiger partial charge is 0.158 e. The van der Waals surface area contributed by atoms with E-state index in [2.05, 4.69) is 6.92 Å². The van der Waals surface area contributed by atoms with E-state index in [4.69, 9.17) is 13.7 Å². The zero-order valence-electron chi connectivity index (χ0n) is 20.0. The SMILES string of the molecule is COC1CCC(C2CCC(OC3CCC(S(=O)OC4CCC(C)CC4)CC3)CC2)CC1. The molecule has 0 spiro atoms. The van der Waals surface area contributed by atoms with Crippen LogP contribution in [0, 0.1) is 17.8 Å². The van der Waals surface area contributed by atoms with E-state index in [9.17, 15) is 4.21 Å². The molecule has 4 nitrogen and oxygen atoms in total. The summed E-state index contributed by atoms with van der Waals surface area (Å²) in [6.07, 6.45) is 20.7. The van der Waals surface area contributed by atoms with Crippen molar-refractivity contribution in [1.29, 1.82) is 0 Å². The lowest BCUT2D eigenvalue weighted by Crippen LogP contribution is -2.35. The van der Waals surface area contributed by atoms with Crippen LogP contribution in [-0.2, 0) is 24.7 Å². The number of hydrogen-bond acceptors (Lipinski definition) is 4. The third-order valence-corrected chi connectivity index (χ3v) is 10.4. The molecule has 4 rings (SSSR count). The highest BCUT2D eigenvalue weighted by Crippen LogP contribution is 2.40. The van der Waals surface area contributed by atoms with Crippen molar-refractivity contribution in [3.05, 3.63) is 0 Å². The lowest BCUT2D eigenvalue weighted by Gasteiger charge is -2.39. The maximum Gasteiger partial charge on any atom is 0.158 e. The number of methoxy groups -OCH3 is 1. The van der Waals surface area contributed by atoms with E-state index in [0.29, 0.717) is 18.3 Å². The molecule has 4 aliphatic rings. The Morgan fingerprint density at radius 1 is 0.581 bits per heavy atom. The van der Waals surface area contributed by atoms with Gasteiger partial charge in [0, 0.05) is 7.11 Å². The highest BCUT2D eigenvalue weighted by atomic mass is 32.2. The molecule has 0 N–H and O–H groups in total. The summed E-state index contributed by atoms with van der Waals surface area (Å²) in [5.41, 5.74) is 0. The van der Waals surface area contributed by atoms with Gasteiger partial charge in [-0.15, -0.1) is 0 Å². The standard InChI is InChI=1S/C26H46O4S/c1-19-3-9-25(10-4-19)30-31(27)26-17-15-24(16-18-26)29-23-13-7-21(8-14-23)20-5-11-22(28-2)12-6-20/h19-26H,3-18H2,1-2H3. The third kappa shape index (κ3) is 7.01. The van der Waals surface area contributed by atoms with E-state index >= 15 is 0 Å². The summed E-state index contributed by atoms with van der Waals surface area (Å²) in [5.74, 6) is 2.64. The summed E-state index contributed by atoms with van der Waals surface area (Å²) in [6, 6.07) is 0. The van der Waals surface area contributed by atoms with Gasteiger partial charge in [-0.1, -0.05) is 6.92 Å². The van der Waals surface area contributed by atoms with E-state index in [0.717, 1.165) is 56.3 Å². The fourth-order valence-electron chi connectivity index (χ4n) is 6.66. The molecule has 0 bridgehead atoms. The minimum atomic E-state index is -1.11. The number of ether oxygens (including phenoxy) is 2. The largest absolute Gasteiger partial charge is 0.381 e. The zero-order valence-corrected chi connectivity index (χ0v) is 20.8. The Hall–Kier alpha value is 0.0300. The van der Waals surface area contributed by atoms with E-state index in [1.165, 1.54) is 64.2 Å². The topological polar surface area (TPSA) is 44.8 Å². The maximum absolute atomic E-state index is 12.7. The summed E-state index contributed by atoms with van der Waals surface area (Å²) >= 11 is -1.11. The van der Waals surface area contributed by atoms with Gasteiger partial charge in [0.15, 0.2) is 11.1 Å². The Bertz CT molecular complexity index is 538. The van der Waals surface area contributed by atoms with Crippen LogP contribution in [0.5, 0.6) is 0 Å². The fraction of sp³-hybridized carbons (Fsp3) is 1.00. The molecule has 4 aliphatic carbocycles. The van der Waals surface area contributed by atoms with Crippen LogP contribution < -0.4 is 0 Å². The summed E-state index contributed by atoms with van der Waals surface area (Å²) in [6.45, 7) is 2.31. The maximum atomic E-state index is 12.7. The summed E-state index contributed by atoms with van der Waals surface area (Å²) in [7, 11) is 1.86. The molecule has 0 aromatic rings. The molecule has 4 fully saturated rings. The van der Waals surface area contributed by atoms with Crippen molar-refractivity contribution in [2.24, 2.45) is 17.8 Å². The van der Waals surface area contributed by atoms with Gasteiger partial charge >= 0.3 is 0 Å². The van der Waals surface area contributed by atoms with Crippen LogP contribution in [0.25, 0.3) is 0 Å². The minimum absolute atomic E-state index is 0.220. The molecule has 1 unspecified atom stereocenters. The molecule has 4 saturated carbocycles. The van der Waals surface area contributed by atoms with Crippen molar-refractivity contribution in [3.8, 4) is 0 Å². The Morgan fingerprint density at radius 3 is 1.55 bits per heavy atom. The molecule has 0 aromatic heterocycles. The Morgan fingerprint density at radius 2 is 1.03 bits per heavy atom. The molecule has 0 radical (unpaired) electrons. The molecule has 0 aromatic carbocycles. The van der Waals surface area contributed by atoms with Gasteiger partial charge in [0.05, 0.1) is 29.7 Å². The van der Waals surface area contributed by atoms with E-state index in [1.807, 2.05) is 7.11 Å². The molecule has 0 aliphatic heterocycles. The number of rotatable bonds is 7. The molecule has 0 saturated heterocycles. The van der Waals surface area contributed by atoms with Crippen LogP contribution >= 0.6 is 0 Å². The molecule has 180 valence electrons. The zero-order chi connectivity index (χ0) is 21.6. The third-order valence-electron chi connectivity index (χ3n) is 8.91. The summed E-state index contributed by atoms with van der Waals surface area (Å²) in [5, 5.41) is 0.220. The second-order valence-electron chi connectivity index (χ2n) is 11.1. The van der Waals surface area contributed by atoms with Gasteiger partial charge in [0.2, 0.25) is 0 Å². The second-order valence-corrected chi connectivity index (χ2v) is 12.5. The van der Waals surface area contributed by atoms with E-state index in [1.54, 1.807) is 0 Å². The average molecular weight is 455 g/mol. The minimum Gasteiger partial charge on any atom is -0.381 e. The predicted molar refractivity (Wildman–Crippen MR) is 126 cm³/mol. The summed E-state index contributed by atoms with van der Waals surface area (Å²) in [4.78, 5) is 0. The van der Waals surface area contributed by atoms with Crippen molar-refractivity contribution in [2.75, 3.05) is 7.11 Å². The van der Waals surface area contributed by atoms with Crippen molar-refractivity contribution >= 4 is 11.1 Å². The predicted octanol–water partition coefficient (Wildman–Crippen LogP) is 6.34. The molecule has 1 atom stereocenters. The van der Waals surface area contributed by atoms with Crippen LogP contribution in [0.15, 0.2) is 0 Å². The van der Waals surface area contributed by atoms with Gasteiger partial charge in [-0.25, -0.2) is 4.21 Å². The van der Waals surface area contributed by atoms with Crippen LogP contribution in [-0.4, -0.2) is 41.0 Å². The van der Waals surface area contributed by atoms with Crippen molar-refractivity contribution in [1.82, 2.24) is 0 Å². The van der Waals surface area contributed by atoms with Crippen LogP contribution in [0.1, 0.15) is 110 Å². The second kappa shape index (κ2) is 11.9. The summed E-state index contributed by atoms with van der Waals surface area (Å²) < 4.78 is 30.8. The Labute approximate surface area is 193 Å². The van der Waals surface area contributed by atoms with Crippen molar-refractivity contribution < 1.29 is 17.9 Å². The monoisotopic (exact) mass is 454 g/mol. The first-order valence-corrected chi connectivity index (χ1v) is 14.5. The lowest BCUT2D eigenvalue weighted by atomic mass is 9.72. The van der Waals surface area contributed by atoms with E-state index < -0.39 is 11.1 Å². The average Bonchev–Trinajstić information content (AvgIpc) is 2.81. The van der Waals surface area contributed by atoms with Crippen LogP contribution in [0.4, 0.5) is 0 Å². The molecule has 5 heteroatoms. The normalized spacial score (nSPS) is 43.4. The van der Waals surface area contributed by atoms with Crippen LogP contribution in [0.2, 0.25) is 0 Å². The van der Waals surface area contributed by atoms with Gasteiger partial charge in [-0.2, -0.15) is 0 Å². The molecule has 0 amide bonds. The van der Waals surface area contributed by atoms with Gasteiger partial charge in [-0.3, -0.25) is 4.18 Å². The van der Waals surface area contributed by atoms with Gasteiger partial charge in [0.1, 0.15) is 0 Å². The van der Waals surface area contributed by atoms with Crippen LogP contribution in [0.3, 0.4) is 0 Å². The number of hydrogen-bond donors (Lipinski definition) is 0. The van der Waals surface area contributed by atoms with Crippen molar-refractivity contribution in [3.63, 3.8) is 0 Å². The molecular formula is C26H46O4S. The van der Waals surface area contributed by atoms with Gasteiger partial charge in [-0.05, 0) is 120 Å². The Kier molecular flexibility index (Phi) is 9.31. The van der Waals surface area contributed by atoms with Gasteiger partial charge in [0.25, 0.3) is 0 Å². The Balaban J connectivity index is 1.11. The van der Waals surface area contributed by atoms with E-state index in [-0.39, 0.29) is 11.4 Å². The fourth-order valence-corrected chi connectivity index (χ4v) is 7.94.